The van der Waals surface area contributed by atoms with Crippen molar-refractivity contribution in [2.45, 2.75) is 13.0 Å². The van der Waals surface area contributed by atoms with Gasteiger partial charge in [-0.3, -0.25) is 0 Å². The van der Waals surface area contributed by atoms with E-state index in [9.17, 15) is 8.78 Å². The number of benzene rings is 1. The molecule has 0 saturated carbocycles. The standard InChI is InChI=1S/C13H11F2N3/c1-2-7-18-8-17-11(13(18)16)9-3-5-10(6-4-9)12(14)15/h1,3-6,8,12H,7,16H2. The molecule has 2 rings (SSSR count). The van der Waals surface area contributed by atoms with E-state index < -0.39 is 6.43 Å². The van der Waals surface area contributed by atoms with Gasteiger partial charge in [-0.1, -0.05) is 30.2 Å². The summed E-state index contributed by atoms with van der Waals surface area (Å²) in [7, 11) is 0. The molecule has 0 saturated heterocycles. The molecule has 1 aromatic carbocycles. The fourth-order valence-corrected chi connectivity index (χ4v) is 1.63. The number of hydrogen-bond acceptors (Lipinski definition) is 2. The van der Waals surface area contributed by atoms with Crippen molar-refractivity contribution in [2.75, 3.05) is 5.73 Å². The summed E-state index contributed by atoms with van der Waals surface area (Å²) < 4.78 is 26.5. The number of halogens is 2. The largest absolute Gasteiger partial charge is 0.383 e. The highest BCUT2D eigenvalue weighted by Gasteiger charge is 2.11. The summed E-state index contributed by atoms with van der Waals surface area (Å²) in [6, 6.07) is 5.86. The smallest absolute Gasteiger partial charge is 0.263 e. The topological polar surface area (TPSA) is 43.8 Å². The van der Waals surface area contributed by atoms with Crippen LogP contribution in [0.4, 0.5) is 14.6 Å². The molecule has 2 aromatic rings. The predicted molar refractivity (Wildman–Crippen MR) is 65.9 cm³/mol. The normalized spacial score (nSPS) is 10.6. The van der Waals surface area contributed by atoms with Crippen molar-refractivity contribution >= 4 is 5.82 Å². The van der Waals surface area contributed by atoms with Crippen molar-refractivity contribution < 1.29 is 8.78 Å². The van der Waals surface area contributed by atoms with Crippen LogP contribution in [0.1, 0.15) is 12.0 Å². The number of anilines is 1. The van der Waals surface area contributed by atoms with Crippen LogP contribution in [0.2, 0.25) is 0 Å². The molecule has 0 atom stereocenters. The number of hydrogen-bond donors (Lipinski definition) is 1. The molecule has 1 heterocycles. The second-order valence-electron chi connectivity index (χ2n) is 3.73. The molecule has 0 aliphatic carbocycles. The van der Waals surface area contributed by atoms with Gasteiger partial charge >= 0.3 is 0 Å². The van der Waals surface area contributed by atoms with E-state index in [1.165, 1.54) is 18.5 Å². The zero-order valence-electron chi connectivity index (χ0n) is 9.48. The first-order chi connectivity index (χ1) is 8.63. The number of alkyl halides is 2. The van der Waals surface area contributed by atoms with Gasteiger partial charge in [0.05, 0.1) is 12.9 Å². The van der Waals surface area contributed by atoms with Gasteiger partial charge in [-0.05, 0) is 0 Å². The Kier molecular flexibility index (Phi) is 3.28. The molecule has 2 N–H and O–H groups in total. The molecule has 18 heavy (non-hydrogen) atoms. The van der Waals surface area contributed by atoms with Gasteiger partial charge in [-0.25, -0.2) is 13.8 Å². The summed E-state index contributed by atoms with van der Waals surface area (Å²) >= 11 is 0. The molecule has 0 radical (unpaired) electrons. The van der Waals surface area contributed by atoms with Crippen LogP contribution in [0.3, 0.4) is 0 Å². The van der Waals surface area contributed by atoms with Gasteiger partial charge in [0.25, 0.3) is 6.43 Å². The van der Waals surface area contributed by atoms with Crippen molar-refractivity contribution in [3.05, 3.63) is 36.2 Å². The first kappa shape index (κ1) is 12.1. The van der Waals surface area contributed by atoms with Crippen LogP contribution in [0.5, 0.6) is 0 Å². The SMILES string of the molecule is C#CCn1cnc(-c2ccc(C(F)F)cc2)c1N. The summed E-state index contributed by atoms with van der Waals surface area (Å²) in [5, 5.41) is 0. The van der Waals surface area contributed by atoms with Crippen molar-refractivity contribution in [1.29, 1.82) is 0 Å². The Morgan fingerprint density at radius 1 is 1.33 bits per heavy atom. The van der Waals surface area contributed by atoms with E-state index in [0.717, 1.165) is 0 Å². The molecular formula is C13H11F2N3. The van der Waals surface area contributed by atoms with Crippen molar-refractivity contribution in [3.8, 4) is 23.6 Å². The predicted octanol–water partition coefficient (Wildman–Crippen LogP) is 2.70. The first-order valence-corrected chi connectivity index (χ1v) is 5.26. The Balaban J connectivity index is 2.34. The lowest BCUT2D eigenvalue weighted by atomic mass is 10.1. The third-order valence-electron chi connectivity index (χ3n) is 2.58. The van der Waals surface area contributed by atoms with E-state index in [1.807, 2.05) is 0 Å². The summed E-state index contributed by atoms with van der Waals surface area (Å²) in [6.07, 6.45) is 4.25. The van der Waals surface area contributed by atoms with Crippen molar-refractivity contribution in [1.82, 2.24) is 9.55 Å². The molecule has 92 valence electrons. The number of aromatic nitrogens is 2. The Morgan fingerprint density at radius 2 is 2.00 bits per heavy atom. The molecule has 0 spiro atoms. The highest BCUT2D eigenvalue weighted by atomic mass is 19.3. The summed E-state index contributed by atoms with van der Waals surface area (Å²) in [5.74, 6) is 2.89. The Hall–Kier alpha value is -2.35. The molecule has 3 nitrogen and oxygen atoms in total. The minimum Gasteiger partial charge on any atom is -0.383 e. The zero-order chi connectivity index (χ0) is 13.1. The monoisotopic (exact) mass is 247 g/mol. The van der Waals surface area contributed by atoms with Crippen LogP contribution in [-0.2, 0) is 6.54 Å². The molecule has 0 unspecified atom stereocenters. The van der Waals surface area contributed by atoms with Crippen LogP contribution in [0.25, 0.3) is 11.3 Å². The molecule has 0 bridgehead atoms. The van der Waals surface area contributed by atoms with Gasteiger partial charge in [0, 0.05) is 11.1 Å². The molecule has 1 aromatic heterocycles. The van der Waals surface area contributed by atoms with Crippen molar-refractivity contribution in [3.63, 3.8) is 0 Å². The van der Waals surface area contributed by atoms with E-state index in [0.29, 0.717) is 23.6 Å². The summed E-state index contributed by atoms with van der Waals surface area (Å²) in [5.41, 5.74) is 7.08. The Morgan fingerprint density at radius 3 is 2.56 bits per heavy atom. The van der Waals surface area contributed by atoms with Crippen molar-refractivity contribution in [2.24, 2.45) is 0 Å². The second-order valence-corrected chi connectivity index (χ2v) is 3.73. The molecule has 0 aliphatic rings. The number of nitrogen functional groups attached to an aromatic ring is 1. The minimum absolute atomic E-state index is 0.0274. The molecule has 0 fully saturated rings. The maximum Gasteiger partial charge on any atom is 0.263 e. The number of imidazole rings is 1. The van der Waals surface area contributed by atoms with Gasteiger partial charge in [0.15, 0.2) is 0 Å². The number of terminal acetylenes is 1. The second kappa shape index (κ2) is 4.88. The van der Waals surface area contributed by atoms with Gasteiger partial charge in [-0.15, -0.1) is 6.42 Å². The van der Waals surface area contributed by atoms with Crippen LogP contribution >= 0.6 is 0 Å². The summed E-state index contributed by atoms with van der Waals surface area (Å²) in [6.45, 7) is 0.327. The third kappa shape index (κ3) is 2.18. The number of rotatable bonds is 3. The lowest BCUT2D eigenvalue weighted by molar-refractivity contribution is 0.151. The first-order valence-electron chi connectivity index (χ1n) is 5.26. The maximum absolute atomic E-state index is 12.4. The van der Waals surface area contributed by atoms with E-state index in [4.69, 9.17) is 12.2 Å². The fourth-order valence-electron chi connectivity index (χ4n) is 1.63. The average molecular weight is 247 g/mol. The lowest BCUT2D eigenvalue weighted by Crippen LogP contribution is -2.00. The lowest BCUT2D eigenvalue weighted by Gasteiger charge is -2.03. The van der Waals surface area contributed by atoms with Crippen LogP contribution in [0.15, 0.2) is 30.6 Å². The number of nitrogens with zero attached hydrogens (tertiary/aromatic N) is 2. The molecular weight excluding hydrogens is 236 g/mol. The molecule has 0 aliphatic heterocycles. The summed E-state index contributed by atoms with van der Waals surface area (Å²) in [4.78, 5) is 4.13. The van der Waals surface area contributed by atoms with Gasteiger partial charge < -0.3 is 10.3 Å². The molecule has 0 amide bonds. The highest BCUT2D eigenvalue weighted by Crippen LogP contribution is 2.26. The van der Waals surface area contributed by atoms with E-state index in [-0.39, 0.29) is 5.56 Å². The maximum atomic E-state index is 12.4. The van der Waals surface area contributed by atoms with Gasteiger partial charge in [0.2, 0.25) is 0 Å². The Bertz CT molecular complexity index is 579. The van der Waals surface area contributed by atoms with E-state index in [2.05, 4.69) is 10.9 Å². The molecule has 5 heteroatoms. The van der Waals surface area contributed by atoms with E-state index in [1.54, 1.807) is 16.7 Å². The van der Waals surface area contributed by atoms with E-state index >= 15 is 0 Å². The fraction of sp³-hybridized carbons (Fsp3) is 0.154. The van der Waals surface area contributed by atoms with Gasteiger partial charge in [0.1, 0.15) is 11.5 Å². The number of nitrogens with two attached hydrogens (primary N) is 1. The quantitative estimate of drug-likeness (QED) is 0.847. The zero-order valence-corrected chi connectivity index (χ0v) is 9.48. The third-order valence-corrected chi connectivity index (χ3v) is 2.58. The van der Waals surface area contributed by atoms with Gasteiger partial charge in [-0.2, -0.15) is 0 Å². The van der Waals surface area contributed by atoms with Crippen LogP contribution < -0.4 is 5.73 Å². The average Bonchev–Trinajstić information content (AvgIpc) is 2.72. The Labute approximate surface area is 103 Å². The van der Waals surface area contributed by atoms with Crippen LogP contribution in [-0.4, -0.2) is 9.55 Å². The van der Waals surface area contributed by atoms with Crippen LogP contribution in [0, 0.1) is 12.3 Å². The minimum atomic E-state index is -2.48. The highest BCUT2D eigenvalue weighted by molar-refractivity contribution is 5.70.